The lowest BCUT2D eigenvalue weighted by molar-refractivity contribution is 1.12. The molecular weight excluding hydrogens is 241 g/mol. The fraction of sp³-hybridized carbons (Fsp3) is 0.250. The van der Waals surface area contributed by atoms with Crippen LogP contribution in [0.5, 0.6) is 0 Å². The van der Waals surface area contributed by atoms with Crippen LogP contribution in [0.4, 0.5) is 0 Å². The zero-order valence-electron chi connectivity index (χ0n) is 7.15. The van der Waals surface area contributed by atoms with Gasteiger partial charge in [-0.3, -0.25) is 0 Å². The molecule has 0 heterocycles. The van der Waals surface area contributed by atoms with Gasteiger partial charge in [0.15, 0.2) is 0 Å². The predicted molar refractivity (Wildman–Crippen MR) is 61.2 cm³/mol. The van der Waals surface area contributed by atoms with Crippen molar-refractivity contribution in [2.45, 2.75) is 4.90 Å². The van der Waals surface area contributed by atoms with Gasteiger partial charge in [-0.05, 0) is 23.7 Å². The number of benzene rings is 1. The summed E-state index contributed by atoms with van der Waals surface area (Å²) >= 11 is 13.2. The highest BCUT2D eigenvalue weighted by Gasteiger charge is 1.99. The Balaban J connectivity index is 2.51. The van der Waals surface area contributed by atoms with Crippen molar-refractivity contribution >= 4 is 35.0 Å². The minimum atomic E-state index is 0.474. The van der Waals surface area contributed by atoms with Crippen LogP contribution in [0.15, 0.2) is 28.2 Å². The predicted octanol–water partition coefficient (Wildman–Crippen LogP) is 4.40. The highest BCUT2D eigenvalue weighted by atomic mass is 35.5. The molecule has 74 valence electrons. The molecule has 0 aromatic heterocycles. The van der Waals surface area contributed by atoms with E-state index in [4.69, 9.17) is 28.7 Å². The first-order chi connectivity index (χ1) is 6.74. The Morgan fingerprint density at radius 3 is 2.79 bits per heavy atom. The van der Waals surface area contributed by atoms with Gasteiger partial charge in [0, 0.05) is 22.1 Å². The minimum absolute atomic E-state index is 0.474. The Morgan fingerprint density at radius 1 is 1.36 bits per heavy atom. The summed E-state index contributed by atoms with van der Waals surface area (Å²) in [6.07, 6.45) is 0. The van der Waals surface area contributed by atoms with Crippen molar-refractivity contribution in [3.63, 3.8) is 0 Å². The molecule has 1 aromatic rings. The van der Waals surface area contributed by atoms with E-state index in [1.807, 2.05) is 6.07 Å². The van der Waals surface area contributed by atoms with E-state index < -0.39 is 0 Å². The Bertz CT molecular complexity index is 364. The van der Waals surface area contributed by atoms with Crippen LogP contribution in [0.1, 0.15) is 0 Å². The molecular formula is C8H7Cl2N3S. The molecule has 0 spiro atoms. The normalized spacial score (nSPS) is 9.57. The van der Waals surface area contributed by atoms with Crippen molar-refractivity contribution in [1.29, 1.82) is 0 Å². The molecule has 14 heavy (non-hydrogen) atoms. The van der Waals surface area contributed by atoms with Crippen molar-refractivity contribution < 1.29 is 0 Å². The van der Waals surface area contributed by atoms with Gasteiger partial charge in [0.25, 0.3) is 0 Å². The van der Waals surface area contributed by atoms with E-state index in [-0.39, 0.29) is 0 Å². The first-order valence-electron chi connectivity index (χ1n) is 3.83. The minimum Gasteiger partial charge on any atom is -0.126 e. The molecule has 0 aliphatic carbocycles. The number of thioether (sulfide) groups is 1. The van der Waals surface area contributed by atoms with E-state index in [1.165, 1.54) is 0 Å². The fourth-order valence-electron chi connectivity index (χ4n) is 0.816. The number of hydrogen-bond donors (Lipinski definition) is 0. The van der Waals surface area contributed by atoms with Gasteiger partial charge >= 0.3 is 0 Å². The quantitative estimate of drug-likeness (QED) is 0.256. The highest BCUT2D eigenvalue weighted by molar-refractivity contribution is 7.99. The van der Waals surface area contributed by atoms with Crippen molar-refractivity contribution in [2.24, 2.45) is 5.11 Å². The van der Waals surface area contributed by atoms with Gasteiger partial charge in [-0.2, -0.15) is 0 Å². The van der Waals surface area contributed by atoms with Gasteiger partial charge in [0.05, 0.1) is 10.0 Å². The van der Waals surface area contributed by atoms with Crippen LogP contribution in [0.25, 0.3) is 10.4 Å². The number of halogens is 2. The lowest BCUT2D eigenvalue weighted by atomic mass is 10.4. The van der Waals surface area contributed by atoms with Gasteiger partial charge in [0.2, 0.25) is 0 Å². The van der Waals surface area contributed by atoms with Crippen LogP contribution < -0.4 is 0 Å². The highest BCUT2D eigenvalue weighted by Crippen LogP contribution is 2.27. The molecule has 0 fully saturated rings. The number of hydrogen-bond acceptors (Lipinski definition) is 2. The van der Waals surface area contributed by atoms with E-state index in [0.29, 0.717) is 16.6 Å². The van der Waals surface area contributed by atoms with Crippen molar-refractivity contribution in [3.8, 4) is 0 Å². The summed E-state index contributed by atoms with van der Waals surface area (Å²) < 4.78 is 0. The Kier molecular flexibility index (Phi) is 4.98. The third-order valence-corrected chi connectivity index (χ3v) is 3.13. The number of nitrogens with zero attached hydrogens (tertiary/aromatic N) is 3. The van der Waals surface area contributed by atoms with Gasteiger partial charge in [0.1, 0.15) is 0 Å². The lowest BCUT2D eigenvalue weighted by Crippen LogP contribution is -1.83. The molecule has 0 atom stereocenters. The molecule has 1 aromatic carbocycles. The maximum absolute atomic E-state index is 8.05. The summed E-state index contributed by atoms with van der Waals surface area (Å²) in [5.41, 5.74) is 8.05. The van der Waals surface area contributed by atoms with Crippen molar-refractivity contribution in [3.05, 3.63) is 38.7 Å². The van der Waals surface area contributed by atoms with Crippen LogP contribution in [0.2, 0.25) is 10.0 Å². The van der Waals surface area contributed by atoms with Crippen LogP contribution in [-0.4, -0.2) is 12.3 Å². The van der Waals surface area contributed by atoms with Gasteiger partial charge in [-0.1, -0.05) is 28.3 Å². The summed E-state index contributed by atoms with van der Waals surface area (Å²) in [4.78, 5) is 3.68. The maximum atomic E-state index is 8.05. The summed E-state index contributed by atoms with van der Waals surface area (Å²) in [6, 6.07) is 5.43. The van der Waals surface area contributed by atoms with Crippen LogP contribution in [0.3, 0.4) is 0 Å². The van der Waals surface area contributed by atoms with Gasteiger partial charge in [-0.25, -0.2) is 0 Å². The Labute approximate surface area is 96.0 Å². The SMILES string of the molecule is [N-]=[N+]=NCCSc1ccc(Cl)c(Cl)c1. The van der Waals surface area contributed by atoms with Crippen LogP contribution >= 0.6 is 35.0 Å². The monoisotopic (exact) mass is 247 g/mol. The number of rotatable bonds is 4. The van der Waals surface area contributed by atoms with E-state index in [9.17, 15) is 0 Å². The zero-order chi connectivity index (χ0) is 10.4. The average molecular weight is 248 g/mol. The first-order valence-corrected chi connectivity index (χ1v) is 5.57. The van der Waals surface area contributed by atoms with E-state index in [0.717, 1.165) is 10.6 Å². The van der Waals surface area contributed by atoms with E-state index in [2.05, 4.69) is 10.0 Å². The van der Waals surface area contributed by atoms with Crippen LogP contribution in [-0.2, 0) is 0 Å². The molecule has 0 aliphatic rings. The second-order valence-electron chi connectivity index (χ2n) is 2.38. The molecule has 0 saturated carbocycles. The van der Waals surface area contributed by atoms with Gasteiger partial charge in [-0.15, -0.1) is 11.8 Å². The first kappa shape index (κ1) is 11.5. The molecule has 0 radical (unpaired) electrons. The summed E-state index contributed by atoms with van der Waals surface area (Å²) in [5, 5.41) is 4.52. The van der Waals surface area contributed by atoms with Crippen molar-refractivity contribution in [1.82, 2.24) is 0 Å². The zero-order valence-corrected chi connectivity index (χ0v) is 9.48. The lowest BCUT2D eigenvalue weighted by Gasteiger charge is -2.00. The Hall–Kier alpha value is -0.540. The average Bonchev–Trinajstić information content (AvgIpc) is 2.18. The van der Waals surface area contributed by atoms with Crippen LogP contribution in [0, 0.1) is 0 Å². The fourth-order valence-corrected chi connectivity index (χ4v) is 1.95. The topological polar surface area (TPSA) is 48.8 Å². The molecule has 0 N–H and O–H groups in total. The standard InChI is InChI=1S/C8H7Cl2N3S/c9-7-2-1-6(5-8(7)10)14-4-3-12-13-11/h1-2,5H,3-4H2. The molecule has 0 saturated heterocycles. The second-order valence-corrected chi connectivity index (χ2v) is 4.36. The largest absolute Gasteiger partial charge is 0.126 e. The van der Waals surface area contributed by atoms with Gasteiger partial charge < -0.3 is 0 Å². The molecule has 0 amide bonds. The molecule has 6 heteroatoms. The molecule has 0 unspecified atom stereocenters. The summed E-state index contributed by atoms with van der Waals surface area (Å²) in [7, 11) is 0. The van der Waals surface area contributed by atoms with E-state index >= 15 is 0 Å². The summed E-state index contributed by atoms with van der Waals surface area (Å²) in [6.45, 7) is 0.474. The number of azide groups is 1. The smallest absolute Gasteiger partial charge is 0.0603 e. The molecule has 0 aliphatic heterocycles. The second kappa shape index (κ2) is 6.04. The molecule has 0 bridgehead atoms. The third-order valence-electron chi connectivity index (χ3n) is 1.41. The summed E-state index contributed by atoms with van der Waals surface area (Å²) in [5.74, 6) is 0.738. The Morgan fingerprint density at radius 2 is 2.14 bits per heavy atom. The maximum Gasteiger partial charge on any atom is 0.0603 e. The molecule has 3 nitrogen and oxygen atoms in total. The van der Waals surface area contributed by atoms with E-state index in [1.54, 1.807) is 23.9 Å². The third kappa shape index (κ3) is 3.68. The molecule has 1 rings (SSSR count). The van der Waals surface area contributed by atoms with Crippen molar-refractivity contribution in [2.75, 3.05) is 12.3 Å².